The van der Waals surface area contributed by atoms with Crippen LogP contribution in [0, 0.1) is 13.8 Å². The molecular formula is C14H15ClN2O2S. The summed E-state index contributed by atoms with van der Waals surface area (Å²) in [5.41, 5.74) is 1.52. The summed E-state index contributed by atoms with van der Waals surface area (Å²) in [7, 11) is 0. The zero-order valence-electron chi connectivity index (χ0n) is 11.2. The third kappa shape index (κ3) is 3.36. The second-order valence-electron chi connectivity index (χ2n) is 4.41. The maximum Gasteiger partial charge on any atom is 0.263 e. The number of benzene rings is 1. The molecule has 0 bridgehead atoms. The summed E-state index contributed by atoms with van der Waals surface area (Å²) < 4.78 is 0. The van der Waals surface area contributed by atoms with Crippen LogP contribution in [-0.2, 0) is 0 Å². The van der Waals surface area contributed by atoms with Crippen molar-refractivity contribution in [3.63, 3.8) is 0 Å². The van der Waals surface area contributed by atoms with Crippen molar-refractivity contribution in [2.75, 3.05) is 6.61 Å². The van der Waals surface area contributed by atoms with E-state index in [1.807, 2.05) is 6.92 Å². The molecule has 1 unspecified atom stereocenters. The molecule has 6 heteroatoms. The van der Waals surface area contributed by atoms with Gasteiger partial charge in [-0.15, -0.1) is 11.3 Å². The van der Waals surface area contributed by atoms with Crippen LogP contribution in [0.2, 0.25) is 5.02 Å². The van der Waals surface area contributed by atoms with Gasteiger partial charge >= 0.3 is 0 Å². The number of rotatable bonds is 4. The number of carbonyl (C=O) groups is 1. The first-order valence-electron chi connectivity index (χ1n) is 6.12. The monoisotopic (exact) mass is 310 g/mol. The fourth-order valence-corrected chi connectivity index (χ4v) is 2.84. The number of hydrogen-bond acceptors (Lipinski definition) is 4. The van der Waals surface area contributed by atoms with Crippen LogP contribution in [-0.4, -0.2) is 22.6 Å². The van der Waals surface area contributed by atoms with Crippen molar-refractivity contribution < 1.29 is 9.90 Å². The summed E-state index contributed by atoms with van der Waals surface area (Å²) in [4.78, 5) is 17.0. The Balaban J connectivity index is 2.16. The zero-order chi connectivity index (χ0) is 14.7. The second kappa shape index (κ2) is 6.35. The Morgan fingerprint density at radius 2 is 2.05 bits per heavy atom. The number of halogens is 1. The van der Waals surface area contributed by atoms with E-state index in [9.17, 15) is 9.90 Å². The predicted octanol–water partition coefficient (Wildman–Crippen LogP) is 2.88. The fourth-order valence-electron chi connectivity index (χ4n) is 1.90. The van der Waals surface area contributed by atoms with E-state index in [1.165, 1.54) is 11.3 Å². The molecule has 1 aromatic heterocycles. The normalized spacial score (nSPS) is 12.2. The number of aryl methyl sites for hydroxylation is 2. The van der Waals surface area contributed by atoms with Crippen molar-refractivity contribution in [3.8, 4) is 0 Å². The van der Waals surface area contributed by atoms with Gasteiger partial charge in [-0.25, -0.2) is 4.98 Å². The summed E-state index contributed by atoms with van der Waals surface area (Å²) in [6.45, 7) is 3.48. The van der Waals surface area contributed by atoms with Gasteiger partial charge in [-0.3, -0.25) is 4.79 Å². The lowest BCUT2D eigenvalue weighted by Gasteiger charge is -2.16. The van der Waals surface area contributed by atoms with Gasteiger partial charge in [0.05, 0.1) is 23.4 Å². The molecule has 0 saturated carbocycles. The molecule has 4 nitrogen and oxygen atoms in total. The molecule has 1 amide bonds. The van der Waals surface area contributed by atoms with Gasteiger partial charge in [-0.1, -0.05) is 23.7 Å². The van der Waals surface area contributed by atoms with Crippen molar-refractivity contribution in [1.82, 2.24) is 10.3 Å². The standard InChI is InChI=1S/C14H15ClN2O2S/c1-8-13(20-9(2)16-8)14(19)17-12(7-18)10-3-5-11(15)6-4-10/h3-6,12,18H,7H2,1-2H3,(H,17,19). The molecular weight excluding hydrogens is 296 g/mol. The van der Waals surface area contributed by atoms with Gasteiger partial charge in [0.2, 0.25) is 0 Å². The van der Waals surface area contributed by atoms with Crippen molar-refractivity contribution >= 4 is 28.8 Å². The zero-order valence-corrected chi connectivity index (χ0v) is 12.8. The van der Waals surface area contributed by atoms with Crippen LogP contribution in [0.5, 0.6) is 0 Å². The minimum Gasteiger partial charge on any atom is -0.394 e. The van der Waals surface area contributed by atoms with Crippen molar-refractivity contribution in [2.24, 2.45) is 0 Å². The lowest BCUT2D eigenvalue weighted by Crippen LogP contribution is -2.30. The molecule has 1 atom stereocenters. The number of amides is 1. The minimum absolute atomic E-state index is 0.176. The summed E-state index contributed by atoms with van der Waals surface area (Å²) in [6, 6.07) is 6.58. The van der Waals surface area contributed by atoms with Crippen LogP contribution >= 0.6 is 22.9 Å². The minimum atomic E-state index is -0.457. The highest BCUT2D eigenvalue weighted by Crippen LogP contribution is 2.20. The van der Waals surface area contributed by atoms with Crippen molar-refractivity contribution in [1.29, 1.82) is 0 Å². The third-order valence-electron chi connectivity index (χ3n) is 2.87. The Morgan fingerprint density at radius 3 is 2.55 bits per heavy atom. The smallest absolute Gasteiger partial charge is 0.263 e. The van der Waals surface area contributed by atoms with Gasteiger partial charge in [-0.05, 0) is 31.5 Å². The summed E-state index contributed by atoms with van der Waals surface area (Å²) >= 11 is 7.17. The van der Waals surface area contributed by atoms with E-state index >= 15 is 0 Å². The van der Waals surface area contributed by atoms with E-state index in [-0.39, 0.29) is 12.5 Å². The molecule has 2 N–H and O–H groups in total. The van der Waals surface area contributed by atoms with Crippen molar-refractivity contribution in [3.05, 3.63) is 50.4 Å². The Bertz CT molecular complexity index is 610. The number of carbonyl (C=O) groups excluding carboxylic acids is 1. The molecule has 0 aliphatic heterocycles. The maximum absolute atomic E-state index is 12.2. The predicted molar refractivity (Wildman–Crippen MR) is 80.3 cm³/mol. The molecule has 0 aliphatic rings. The van der Waals surface area contributed by atoms with Gasteiger partial charge < -0.3 is 10.4 Å². The number of nitrogens with zero attached hydrogens (tertiary/aromatic N) is 1. The van der Waals surface area contributed by atoms with Crippen molar-refractivity contribution in [2.45, 2.75) is 19.9 Å². The number of thiazole rings is 1. The summed E-state index contributed by atoms with van der Waals surface area (Å²) in [5, 5.41) is 13.7. The number of aromatic nitrogens is 1. The van der Waals surface area contributed by atoms with E-state index in [4.69, 9.17) is 11.6 Å². The average Bonchev–Trinajstić information content (AvgIpc) is 2.76. The van der Waals surface area contributed by atoms with Crippen LogP contribution in [0.25, 0.3) is 0 Å². The first-order valence-corrected chi connectivity index (χ1v) is 7.32. The number of hydrogen-bond donors (Lipinski definition) is 2. The number of aliphatic hydroxyl groups excluding tert-OH is 1. The maximum atomic E-state index is 12.2. The van der Waals surface area contributed by atoms with Gasteiger partial charge in [0.25, 0.3) is 5.91 Å². The number of nitrogens with one attached hydrogen (secondary N) is 1. The molecule has 0 radical (unpaired) electrons. The summed E-state index contributed by atoms with van der Waals surface area (Å²) in [6.07, 6.45) is 0. The van der Waals surface area contributed by atoms with Gasteiger partial charge in [0, 0.05) is 5.02 Å². The SMILES string of the molecule is Cc1nc(C)c(C(=O)NC(CO)c2ccc(Cl)cc2)s1. The first-order chi connectivity index (χ1) is 9.51. The Hall–Kier alpha value is -1.43. The van der Waals surface area contributed by atoms with E-state index in [0.29, 0.717) is 15.6 Å². The fraction of sp³-hybridized carbons (Fsp3) is 0.286. The van der Waals surface area contributed by atoms with Crippen LogP contribution in [0.3, 0.4) is 0 Å². The van der Waals surface area contributed by atoms with Gasteiger partial charge in [0.15, 0.2) is 0 Å². The molecule has 2 aromatic rings. The molecule has 20 heavy (non-hydrogen) atoms. The quantitative estimate of drug-likeness (QED) is 0.913. The highest BCUT2D eigenvalue weighted by Gasteiger charge is 2.18. The largest absolute Gasteiger partial charge is 0.394 e. The van der Waals surface area contributed by atoms with E-state index in [0.717, 1.165) is 10.6 Å². The molecule has 1 heterocycles. The lowest BCUT2D eigenvalue weighted by atomic mass is 10.1. The van der Waals surface area contributed by atoms with Gasteiger partial charge in [0.1, 0.15) is 4.88 Å². The molecule has 0 spiro atoms. The molecule has 2 rings (SSSR count). The Labute approximate surface area is 126 Å². The van der Waals surface area contributed by atoms with Crippen LogP contribution in [0.1, 0.15) is 32.0 Å². The lowest BCUT2D eigenvalue weighted by molar-refractivity contribution is 0.0919. The topological polar surface area (TPSA) is 62.2 Å². The van der Waals surface area contributed by atoms with Gasteiger partial charge in [-0.2, -0.15) is 0 Å². The summed E-state index contributed by atoms with van der Waals surface area (Å²) in [5.74, 6) is -0.220. The van der Waals surface area contributed by atoms with Crippen LogP contribution in [0.15, 0.2) is 24.3 Å². The first kappa shape index (κ1) is 15.0. The van der Waals surface area contributed by atoms with Crippen LogP contribution < -0.4 is 5.32 Å². The molecule has 1 aromatic carbocycles. The average molecular weight is 311 g/mol. The second-order valence-corrected chi connectivity index (χ2v) is 6.05. The highest BCUT2D eigenvalue weighted by molar-refractivity contribution is 7.13. The Morgan fingerprint density at radius 1 is 1.40 bits per heavy atom. The highest BCUT2D eigenvalue weighted by atomic mass is 35.5. The van der Waals surface area contributed by atoms with Crippen LogP contribution in [0.4, 0.5) is 0 Å². The molecule has 0 aliphatic carbocycles. The Kier molecular flexibility index (Phi) is 4.75. The van der Waals surface area contributed by atoms with E-state index in [2.05, 4.69) is 10.3 Å². The number of aliphatic hydroxyl groups is 1. The third-order valence-corrected chi connectivity index (χ3v) is 4.19. The molecule has 0 saturated heterocycles. The van der Waals surface area contributed by atoms with E-state index in [1.54, 1.807) is 31.2 Å². The molecule has 106 valence electrons. The van der Waals surface area contributed by atoms with E-state index < -0.39 is 6.04 Å². The molecule has 0 fully saturated rings.